The second-order valence-corrected chi connectivity index (χ2v) is 7.89. The zero-order chi connectivity index (χ0) is 23.0. The Morgan fingerprint density at radius 2 is 1.81 bits per heavy atom. The number of ketones is 2. The van der Waals surface area contributed by atoms with Crippen LogP contribution in [-0.4, -0.2) is 54.3 Å². The first-order valence-corrected chi connectivity index (χ1v) is 9.32. The predicted octanol–water partition coefficient (Wildman–Crippen LogP) is -0.507. The molecule has 1 aromatic carbocycles. The Kier molecular flexibility index (Phi) is 4.40. The summed E-state index contributed by atoms with van der Waals surface area (Å²) in [7, 11) is 0. The van der Waals surface area contributed by atoms with Crippen molar-refractivity contribution >= 4 is 40.5 Å². The highest BCUT2D eigenvalue weighted by atomic mass is 35.5. The average molecular weight is 450 g/mol. The van der Waals surface area contributed by atoms with E-state index in [0.717, 1.165) is 6.07 Å². The summed E-state index contributed by atoms with van der Waals surface area (Å²) in [6, 6.07) is 2.41. The lowest BCUT2D eigenvalue weighted by Gasteiger charge is -2.46. The minimum absolute atomic E-state index is 0.00891. The Balaban J connectivity index is 2.02. The van der Waals surface area contributed by atoms with Crippen molar-refractivity contribution in [1.82, 2.24) is 0 Å². The van der Waals surface area contributed by atoms with Crippen molar-refractivity contribution < 1.29 is 39.9 Å². The number of nitrogens with zero attached hydrogens (tertiary/aromatic N) is 1. The normalized spacial score (nSPS) is 31.5. The van der Waals surface area contributed by atoms with E-state index in [1.807, 2.05) is 0 Å². The van der Waals surface area contributed by atoms with Gasteiger partial charge < -0.3 is 37.1 Å². The number of Topliss-reactive ketones (excluding diaryl/α,β-unsaturated/α-hetero) is 2. The molecule has 1 aromatic rings. The van der Waals surface area contributed by atoms with Crippen molar-refractivity contribution in [3.63, 3.8) is 0 Å². The highest BCUT2D eigenvalue weighted by molar-refractivity contribution is 6.38. The number of phenolic OH excluding ortho intramolecular Hbond substituents is 1. The van der Waals surface area contributed by atoms with E-state index in [1.165, 1.54) is 6.07 Å². The zero-order valence-corrected chi connectivity index (χ0v) is 16.3. The fourth-order valence-corrected chi connectivity index (χ4v) is 4.91. The van der Waals surface area contributed by atoms with Crippen molar-refractivity contribution in [2.75, 3.05) is 0 Å². The summed E-state index contributed by atoms with van der Waals surface area (Å²) in [5.41, 5.74) is -0.406. The fourth-order valence-electron chi connectivity index (χ4n) is 4.64. The van der Waals surface area contributed by atoms with Crippen LogP contribution in [0.3, 0.4) is 0 Å². The van der Waals surface area contributed by atoms with Crippen LogP contribution >= 0.6 is 11.6 Å². The zero-order valence-electron chi connectivity index (χ0n) is 15.5. The van der Waals surface area contributed by atoms with Gasteiger partial charge in [-0.1, -0.05) is 11.6 Å². The molecule has 9 N–H and O–H groups in total. The Morgan fingerprint density at radius 1 is 1.16 bits per heavy atom. The number of aliphatic hydroxyl groups excluding tert-OH is 3. The lowest BCUT2D eigenvalue weighted by molar-refractivity contribution is -0.155. The Labute approximate surface area is 178 Å². The first kappa shape index (κ1) is 20.8. The maximum absolute atomic E-state index is 13.4. The van der Waals surface area contributed by atoms with Crippen LogP contribution in [0, 0.1) is 11.8 Å². The van der Waals surface area contributed by atoms with Gasteiger partial charge in [-0.15, -0.1) is 0 Å². The molecule has 0 radical (unpaired) electrons. The van der Waals surface area contributed by atoms with Crippen LogP contribution in [0.2, 0.25) is 5.02 Å². The van der Waals surface area contributed by atoms with Gasteiger partial charge in [-0.25, -0.2) is 0 Å². The molecule has 4 atom stereocenters. The number of aromatic hydroxyl groups is 1. The number of halogens is 1. The monoisotopic (exact) mass is 449 g/mol. The van der Waals surface area contributed by atoms with Gasteiger partial charge in [0.25, 0.3) is 5.91 Å². The number of benzene rings is 1. The topological polar surface area (TPSA) is 217 Å². The molecule has 0 aliphatic heterocycles. The number of amides is 1. The molecule has 0 bridgehead atoms. The van der Waals surface area contributed by atoms with Gasteiger partial charge in [0.1, 0.15) is 22.8 Å². The standard InChI is InChI=1S/C19H16ClN3O8/c20-6-1-2-7(24)10-9(6)13(25)4-3-5-12(23-22)15(27)11(18(21)30)17(29)19(5,31)16(28)8(4)14(10)26/h1-2,4-5,13,24-27,31H,3,22H2,(H2,21,30)/b23-12-/t4?,5?,13-,19?/m0/s1. The van der Waals surface area contributed by atoms with Crippen molar-refractivity contribution in [2.45, 2.75) is 18.1 Å². The number of nitrogens with two attached hydrogens (primary N) is 2. The van der Waals surface area contributed by atoms with E-state index in [4.69, 9.17) is 23.2 Å². The van der Waals surface area contributed by atoms with E-state index in [-0.39, 0.29) is 16.1 Å². The van der Waals surface area contributed by atoms with Crippen LogP contribution in [-0.2, 0) is 14.4 Å². The number of allylic oxidation sites excluding steroid dienone is 1. The molecule has 4 rings (SSSR count). The lowest BCUT2D eigenvalue weighted by Crippen LogP contribution is -2.64. The maximum Gasteiger partial charge on any atom is 0.256 e. The summed E-state index contributed by atoms with van der Waals surface area (Å²) in [6.07, 6.45) is -1.93. The Hall–Kier alpha value is -3.41. The number of hydrazone groups is 1. The second kappa shape index (κ2) is 6.54. The SMILES string of the molecule is N/N=C1\C(O)=C(C(N)=O)C(=O)C2(O)C(=O)C3=C(O)c4c(O)ccc(Cl)c4[C@@H](O)C3CC12. The second-order valence-electron chi connectivity index (χ2n) is 7.48. The average Bonchev–Trinajstić information content (AvgIpc) is 2.70. The highest BCUT2D eigenvalue weighted by Crippen LogP contribution is 2.54. The number of rotatable bonds is 1. The van der Waals surface area contributed by atoms with E-state index in [9.17, 15) is 39.9 Å². The molecule has 11 nitrogen and oxygen atoms in total. The van der Waals surface area contributed by atoms with Gasteiger partial charge >= 0.3 is 0 Å². The number of hydrogen-bond donors (Lipinski definition) is 7. The minimum Gasteiger partial charge on any atom is -0.507 e. The third-order valence-electron chi connectivity index (χ3n) is 6.06. The molecule has 1 saturated carbocycles. The number of hydrogen-bond acceptors (Lipinski definition) is 10. The molecule has 0 spiro atoms. The molecular weight excluding hydrogens is 434 g/mol. The van der Waals surface area contributed by atoms with Crippen LogP contribution < -0.4 is 11.6 Å². The van der Waals surface area contributed by atoms with Crippen molar-refractivity contribution in [2.24, 2.45) is 28.5 Å². The van der Waals surface area contributed by atoms with Gasteiger partial charge in [0.05, 0.1) is 17.6 Å². The number of fused-ring (bicyclic) bond motifs is 3. The molecule has 0 heterocycles. The molecule has 0 aromatic heterocycles. The molecule has 0 saturated heterocycles. The third kappa shape index (κ3) is 2.42. The third-order valence-corrected chi connectivity index (χ3v) is 6.39. The fraction of sp³-hybridized carbons (Fsp3) is 0.263. The summed E-state index contributed by atoms with van der Waals surface area (Å²) in [4.78, 5) is 38.0. The van der Waals surface area contributed by atoms with Gasteiger partial charge in [-0.05, 0) is 18.6 Å². The smallest absolute Gasteiger partial charge is 0.256 e. The summed E-state index contributed by atoms with van der Waals surface area (Å²) in [5.74, 6) is -4.03. The van der Waals surface area contributed by atoms with Crippen LogP contribution in [0.5, 0.6) is 5.75 Å². The molecular formula is C19H16ClN3O8. The van der Waals surface area contributed by atoms with Crippen molar-refractivity contribution in [3.05, 3.63) is 45.2 Å². The number of aliphatic hydroxyl groups is 4. The molecule has 3 aliphatic rings. The van der Waals surface area contributed by atoms with Crippen molar-refractivity contribution in [3.8, 4) is 5.75 Å². The van der Waals surface area contributed by atoms with E-state index < -0.39 is 81.6 Å². The molecule has 12 heteroatoms. The molecule has 1 amide bonds. The number of carbonyl (C=O) groups excluding carboxylic acids is 3. The molecule has 3 aliphatic carbocycles. The molecule has 31 heavy (non-hydrogen) atoms. The Morgan fingerprint density at radius 3 is 2.39 bits per heavy atom. The van der Waals surface area contributed by atoms with E-state index in [2.05, 4.69) is 5.10 Å². The molecule has 162 valence electrons. The van der Waals surface area contributed by atoms with Gasteiger partial charge in [0.2, 0.25) is 11.6 Å². The van der Waals surface area contributed by atoms with Crippen LogP contribution in [0.15, 0.2) is 34.1 Å². The number of primary amides is 1. The first-order valence-electron chi connectivity index (χ1n) is 8.94. The quantitative estimate of drug-likeness (QED) is 0.127. The van der Waals surface area contributed by atoms with Crippen LogP contribution in [0.25, 0.3) is 5.76 Å². The van der Waals surface area contributed by atoms with E-state index in [0.29, 0.717) is 0 Å². The summed E-state index contributed by atoms with van der Waals surface area (Å²) >= 11 is 6.13. The largest absolute Gasteiger partial charge is 0.507 e. The van der Waals surface area contributed by atoms with E-state index in [1.54, 1.807) is 0 Å². The Bertz CT molecular complexity index is 1190. The van der Waals surface area contributed by atoms with Gasteiger partial charge in [0.15, 0.2) is 11.4 Å². The van der Waals surface area contributed by atoms with Gasteiger partial charge in [-0.3, -0.25) is 14.4 Å². The number of carbonyl (C=O) groups is 3. The highest BCUT2D eigenvalue weighted by Gasteiger charge is 2.65. The minimum atomic E-state index is -2.99. The number of phenols is 1. The maximum atomic E-state index is 13.4. The first-order chi connectivity index (χ1) is 14.5. The van der Waals surface area contributed by atoms with Crippen molar-refractivity contribution in [1.29, 1.82) is 0 Å². The van der Waals surface area contributed by atoms with Crippen LogP contribution in [0.1, 0.15) is 23.7 Å². The van der Waals surface area contributed by atoms with Crippen LogP contribution in [0.4, 0.5) is 0 Å². The summed E-state index contributed by atoms with van der Waals surface area (Å²) < 4.78 is 0. The molecule has 1 fully saturated rings. The molecule has 3 unspecified atom stereocenters. The summed E-state index contributed by atoms with van der Waals surface area (Å²) in [6.45, 7) is 0. The predicted molar refractivity (Wildman–Crippen MR) is 105 cm³/mol. The van der Waals surface area contributed by atoms with E-state index >= 15 is 0 Å². The van der Waals surface area contributed by atoms with Gasteiger partial charge in [0, 0.05) is 22.1 Å². The summed E-state index contributed by atoms with van der Waals surface area (Å²) in [5, 5.41) is 56.7. The van der Waals surface area contributed by atoms with Gasteiger partial charge in [-0.2, -0.15) is 5.10 Å². The lowest BCUT2D eigenvalue weighted by atomic mass is 9.57.